The number of carboxylic acids is 1. The summed E-state index contributed by atoms with van der Waals surface area (Å²) in [6.45, 7) is 1.57. The third kappa shape index (κ3) is 4.12. The molecule has 0 aliphatic heterocycles. The first kappa shape index (κ1) is 14.2. The number of thiazole rings is 1. The van der Waals surface area contributed by atoms with Crippen molar-refractivity contribution in [3.63, 3.8) is 0 Å². The zero-order valence-corrected chi connectivity index (χ0v) is 12.6. The Balaban J connectivity index is 1.68. The molecule has 0 atom stereocenters. The third-order valence-electron chi connectivity index (χ3n) is 3.53. The van der Waals surface area contributed by atoms with Gasteiger partial charge < -0.3 is 5.11 Å². The van der Waals surface area contributed by atoms with E-state index in [9.17, 15) is 4.79 Å². The zero-order chi connectivity index (χ0) is 14.7. The molecule has 2 aromatic rings. The van der Waals surface area contributed by atoms with Crippen LogP contribution in [0.2, 0.25) is 0 Å². The lowest BCUT2D eigenvalue weighted by Crippen LogP contribution is -2.31. The molecular weight excluding hydrogens is 284 g/mol. The molecule has 1 N–H and O–H groups in total. The second kappa shape index (κ2) is 6.37. The fraction of sp³-hybridized carbons (Fsp3) is 0.375. The highest BCUT2D eigenvalue weighted by Gasteiger charge is 2.25. The van der Waals surface area contributed by atoms with Crippen LogP contribution < -0.4 is 0 Å². The Bertz CT molecular complexity index is 608. The molecule has 1 aromatic heterocycles. The van der Waals surface area contributed by atoms with E-state index in [0.29, 0.717) is 12.5 Å². The smallest absolute Gasteiger partial charge is 0.317 e. The number of hydrogen-bond donors (Lipinski definition) is 1. The molecule has 0 unspecified atom stereocenters. The topological polar surface area (TPSA) is 53.4 Å². The molecule has 1 heterocycles. The largest absolute Gasteiger partial charge is 0.480 e. The predicted molar refractivity (Wildman–Crippen MR) is 83.2 cm³/mol. The summed E-state index contributed by atoms with van der Waals surface area (Å²) in [5, 5.41) is 12.0. The van der Waals surface area contributed by atoms with Gasteiger partial charge >= 0.3 is 5.97 Å². The number of carboxylic acid groups (broad SMARTS) is 1. The van der Waals surface area contributed by atoms with E-state index in [0.717, 1.165) is 22.8 Å². The summed E-state index contributed by atoms with van der Waals surface area (Å²) in [6, 6.07) is 10.1. The van der Waals surface area contributed by atoms with E-state index < -0.39 is 5.97 Å². The van der Waals surface area contributed by atoms with E-state index >= 15 is 0 Å². The van der Waals surface area contributed by atoms with Crippen molar-refractivity contribution >= 4 is 17.3 Å². The van der Waals surface area contributed by atoms with Gasteiger partial charge in [0.15, 0.2) is 0 Å². The van der Waals surface area contributed by atoms with Gasteiger partial charge in [-0.1, -0.05) is 30.3 Å². The Hall–Kier alpha value is -1.72. The van der Waals surface area contributed by atoms with Gasteiger partial charge in [-0.05, 0) is 18.8 Å². The van der Waals surface area contributed by atoms with E-state index in [4.69, 9.17) is 5.11 Å². The fourth-order valence-electron chi connectivity index (χ4n) is 2.36. The van der Waals surface area contributed by atoms with Crippen molar-refractivity contribution in [1.29, 1.82) is 0 Å². The summed E-state index contributed by atoms with van der Waals surface area (Å²) in [5.41, 5.74) is 2.07. The van der Waals surface area contributed by atoms with Crippen LogP contribution in [0.15, 0.2) is 35.7 Å². The normalized spacial score (nSPS) is 14.5. The highest BCUT2D eigenvalue weighted by atomic mass is 32.1. The molecule has 5 heteroatoms. The molecule has 3 rings (SSSR count). The van der Waals surface area contributed by atoms with Gasteiger partial charge in [-0.2, -0.15) is 0 Å². The Kier molecular flexibility index (Phi) is 4.31. The van der Waals surface area contributed by atoms with Gasteiger partial charge in [0.05, 0.1) is 12.2 Å². The highest BCUT2D eigenvalue weighted by molar-refractivity contribution is 7.13. The molecule has 110 valence electrons. The van der Waals surface area contributed by atoms with Crippen LogP contribution in [0.1, 0.15) is 18.5 Å². The van der Waals surface area contributed by atoms with E-state index in [1.165, 1.54) is 12.8 Å². The third-order valence-corrected chi connectivity index (χ3v) is 4.47. The SMILES string of the molecule is O=C(O)CN(Cc1csc(-c2ccccc2)n1)CC1CC1. The van der Waals surface area contributed by atoms with Gasteiger partial charge in [0.25, 0.3) is 0 Å². The van der Waals surface area contributed by atoms with Crippen molar-refractivity contribution in [3.05, 3.63) is 41.4 Å². The van der Waals surface area contributed by atoms with Crippen molar-refractivity contribution < 1.29 is 9.90 Å². The molecule has 21 heavy (non-hydrogen) atoms. The van der Waals surface area contributed by atoms with Gasteiger partial charge in [0, 0.05) is 24.0 Å². The molecule has 1 aliphatic rings. The maximum Gasteiger partial charge on any atom is 0.317 e. The van der Waals surface area contributed by atoms with Crippen LogP contribution in [0, 0.1) is 5.92 Å². The molecule has 0 amide bonds. The van der Waals surface area contributed by atoms with Crippen molar-refractivity contribution in [2.24, 2.45) is 5.92 Å². The molecule has 4 nitrogen and oxygen atoms in total. The zero-order valence-electron chi connectivity index (χ0n) is 11.7. The highest BCUT2D eigenvalue weighted by Crippen LogP contribution is 2.30. The molecule has 0 saturated heterocycles. The van der Waals surface area contributed by atoms with E-state index in [1.807, 2.05) is 40.6 Å². The quantitative estimate of drug-likeness (QED) is 0.854. The Morgan fingerprint density at radius 2 is 2.10 bits per heavy atom. The lowest BCUT2D eigenvalue weighted by Gasteiger charge is -2.18. The number of aliphatic carboxylic acids is 1. The summed E-state index contributed by atoms with van der Waals surface area (Å²) in [6.07, 6.45) is 2.45. The Morgan fingerprint density at radius 3 is 2.76 bits per heavy atom. The minimum absolute atomic E-state index is 0.0920. The minimum atomic E-state index is -0.769. The molecule has 0 radical (unpaired) electrons. The first-order valence-electron chi connectivity index (χ1n) is 7.14. The predicted octanol–water partition coefficient (Wildman–Crippen LogP) is 3.11. The van der Waals surface area contributed by atoms with Gasteiger partial charge in [-0.3, -0.25) is 9.69 Å². The average Bonchev–Trinajstić information content (AvgIpc) is 3.15. The first-order valence-corrected chi connectivity index (χ1v) is 8.02. The van der Waals surface area contributed by atoms with Crippen LogP contribution in [0.3, 0.4) is 0 Å². The number of hydrogen-bond acceptors (Lipinski definition) is 4. The van der Waals surface area contributed by atoms with Crippen LogP contribution in [0.5, 0.6) is 0 Å². The molecule has 1 fully saturated rings. The van der Waals surface area contributed by atoms with E-state index in [1.54, 1.807) is 11.3 Å². The number of rotatable bonds is 7. The van der Waals surface area contributed by atoms with Crippen LogP contribution in [-0.2, 0) is 11.3 Å². The van der Waals surface area contributed by atoms with Gasteiger partial charge in [-0.15, -0.1) is 11.3 Å². The van der Waals surface area contributed by atoms with Crippen LogP contribution in [-0.4, -0.2) is 34.0 Å². The van der Waals surface area contributed by atoms with Crippen molar-refractivity contribution in [2.45, 2.75) is 19.4 Å². The molecule has 0 spiro atoms. The van der Waals surface area contributed by atoms with Crippen LogP contribution in [0.25, 0.3) is 10.6 Å². The van der Waals surface area contributed by atoms with Gasteiger partial charge in [0.2, 0.25) is 0 Å². The maximum absolute atomic E-state index is 11.0. The van der Waals surface area contributed by atoms with Gasteiger partial charge in [-0.25, -0.2) is 4.98 Å². The number of benzene rings is 1. The molecule has 1 aromatic carbocycles. The van der Waals surface area contributed by atoms with Crippen molar-refractivity contribution in [1.82, 2.24) is 9.88 Å². The second-order valence-electron chi connectivity index (χ2n) is 5.52. The van der Waals surface area contributed by atoms with Gasteiger partial charge in [0.1, 0.15) is 5.01 Å². The number of carbonyl (C=O) groups is 1. The van der Waals surface area contributed by atoms with Crippen molar-refractivity contribution in [3.8, 4) is 10.6 Å². The molecule has 1 saturated carbocycles. The van der Waals surface area contributed by atoms with E-state index in [-0.39, 0.29) is 6.54 Å². The van der Waals surface area contributed by atoms with Crippen LogP contribution >= 0.6 is 11.3 Å². The second-order valence-corrected chi connectivity index (χ2v) is 6.37. The van der Waals surface area contributed by atoms with E-state index in [2.05, 4.69) is 4.98 Å². The maximum atomic E-state index is 11.0. The lowest BCUT2D eigenvalue weighted by atomic mass is 10.2. The average molecular weight is 302 g/mol. The summed E-state index contributed by atoms with van der Waals surface area (Å²) < 4.78 is 0. The first-order chi connectivity index (χ1) is 10.2. The number of nitrogens with zero attached hydrogens (tertiary/aromatic N) is 2. The summed E-state index contributed by atoms with van der Waals surface area (Å²) >= 11 is 1.61. The lowest BCUT2D eigenvalue weighted by molar-refractivity contribution is -0.138. The summed E-state index contributed by atoms with van der Waals surface area (Å²) in [4.78, 5) is 17.6. The Labute approximate surface area is 128 Å². The number of aromatic nitrogens is 1. The standard InChI is InChI=1S/C16H18N2O2S/c19-15(20)10-18(8-12-6-7-12)9-14-11-21-16(17-14)13-4-2-1-3-5-13/h1-5,11-12H,6-10H2,(H,19,20). The minimum Gasteiger partial charge on any atom is -0.480 e. The summed E-state index contributed by atoms with van der Waals surface area (Å²) in [7, 11) is 0. The molecule has 1 aliphatic carbocycles. The Morgan fingerprint density at radius 1 is 1.33 bits per heavy atom. The molecular formula is C16H18N2O2S. The summed E-state index contributed by atoms with van der Waals surface area (Å²) in [5.74, 6) is -0.0919. The monoisotopic (exact) mass is 302 g/mol. The van der Waals surface area contributed by atoms with Crippen LogP contribution in [0.4, 0.5) is 0 Å². The van der Waals surface area contributed by atoms with Crippen molar-refractivity contribution in [2.75, 3.05) is 13.1 Å². The molecule has 0 bridgehead atoms. The fourth-order valence-corrected chi connectivity index (χ4v) is 3.18.